The number of ether oxygens (including phenoxy) is 3. The third-order valence-electron chi connectivity index (χ3n) is 4.83. The number of nitrogens with zero attached hydrogens (tertiary/aromatic N) is 3. The molecule has 1 aromatic heterocycles. The molecule has 0 aliphatic carbocycles. The number of halogens is 3. The predicted octanol–water partition coefficient (Wildman–Crippen LogP) is 4.26. The van der Waals surface area contributed by atoms with Gasteiger partial charge in [0.15, 0.2) is 5.82 Å². The Kier molecular flexibility index (Phi) is 9.01. The van der Waals surface area contributed by atoms with Gasteiger partial charge in [-0.05, 0) is 43.3 Å². The van der Waals surface area contributed by atoms with Gasteiger partial charge < -0.3 is 19.5 Å². The molecule has 0 aliphatic heterocycles. The standard InChI is InChI=1S/C24H25F3N4O5/c1-3-35-21(33)13-12-20(32)28-18-8-10-19(11-9-18)31-22(29-23(30-31)36-15-14-34-2)16-4-6-17(7-5-16)24(25,26)27/h4-11H,3,12-15H2,1-2H3,(H,28,32). The molecule has 1 heterocycles. The third kappa shape index (κ3) is 7.28. The number of nitrogens with one attached hydrogen (secondary N) is 1. The Morgan fingerprint density at radius 1 is 1.00 bits per heavy atom. The first-order valence-electron chi connectivity index (χ1n) is 11.0. The number of carbonyl (C=O) groups is 2. The van der Waals surface area contributed by atoms with Crippen molar-refractivity contribution in [2.75, 3.05) is 32.2 Å². The molecule has 3 aromatic rings. The van der Waals surface area contributed by atoms with Gasteiger partial charge in [-0.15, -0.1) is 5.10 Å². The van der Waals surface area contributed by atoms with Crippen LogP contribution >= 0.6 is 0 Å². The van der Waals surface area contributed by atoms with Gasteiger partial charge in [0, 0.05) is 24.8 Å². The van der Waals surface area contributed by atoms with E-state index in [1.54, 1.807) is 31.2 Å². The fourth-order valence-electron chi connectivity index (χ4n) is 3.10. The van der Waals surface area contributed by atoms with Gasteiger partial charge in [0.2, 0.25) is 5.91 Å². The second-order valence-electron chi connectivity index (χ2n) is 7.45. The Balaban J connectivity index is 1.81. The normalized spacial score (nSPS) is 11.2. The Labute approximate surface area is 205 Å². The van der Waals surface area contributed by atoms with Crippen LogP contribution in [0.2, 0.25) is 0 Å². The summed E-state index contributed by atoms with van der Waals surface area (Å²) in [7, 11) is 1.51. The number of carbonyl (C=O) groups excluding carboxylic acids is 2. The molecule has 1 amide bonds. The van der Waals surface area contributed by atoms with E-state index in [2.05, 4.69) is 15.4 Å². The number of hydrogen-bond donors (Lipinski definition) is 1. The molecule has 0 atom stereocenters. The van der Waals surface area contributed by atoms with Gasteiger partial charge in [0.25, 0.3) is 0 Å². The maximum Gasteiger partial charge on any atom is 0.416 e. The first-order valence-corrected chi connectivity index (χ1v) is 11.0. The van der Waals surface area contributed by atoms with Crippen LogP contribution in [-0.2, 0) is 25.2 Å². The molecule has 0 bridgehead atoms. The first kappa shape index (κ1) is 26.7. The van der Waals surface area contributed by atoms with Crippen molar-refractivity contribution < 1.29 is 37.0 Å². The Bertz CT molecular complexity index is 1160. The van der Waals surface area contributed by atoms with Crippen molar-refractivity contribution in [3.05, 3.63) is 54.1 Å². The molecule has 1 N–H and O–H groups in total. The van der Waals surface area contributed by atoms with Crippen molar-refractivity contribution in [1.29, 1.82) is 0 Å². The molecule has 12 heteroatoms. The first-order chi connectivity index (χ1) is 17.2. The zero-order valence-corrected chi connectivity index (χ0v) is 19.7. The molecule has 0 fully saturated rings. The van der Waals surface area contributed by atoms with E-state index in [1.807, 2.05) is 0 Å². The van der Waals surface area contributed by atoms with E-state index >= 15 is 0 Å². The van der Waals surface area contributed by atoms with Gasteiger partial charge >= 0.3 is 18.2 Å². The second-order valence-corrected chi connectivity index (χ2v) is 7.45. The van der Waals surface area contributed by atoms with Crippen LogP contribution in [0.15, 0.2) is 48.5 Å². The van der Waals surface area contributed by atoms with Crippen molar-refractivity contribution in [3.63, 3.8) is 0 Å². The third-order valence-corrected chi connectivity index (χ3v) is 4.83. The Hall–Kier alpha value is -3.93. The molecule has 36 heavy (non-hydrogen) atoms. The summed E-state index contributed by atoms with van der Waals surface area (Å²) in [5, 5.41) is 7.01. The van der Waals surface area contributed by atoms with E-state index in [1.165, 1.54) is 23.9 Å². The van der Waals surface area contributed by atoms with E-state index in [9.17, 15) is 22.8 Å². The fraction of sp³-hybridized carbons (Fsp3) is 0.333. The molecule has 3 rings (SSSR count). The number of benzene rings is 2. The van der Waals surface area contributed by atoms with Crippen LogP contribution in [0.3, 0.4) is 0 Å². The van der Waals surface area contributed by atoms with Crippen molar-refractivity contribution in [1.82, 2.24) is 14.8 Å². The van der Waals surface area contributed by atoms with E-state index < -0.39 is 17.7 Å². The van der Waals surface area contributed by atoms with Gasteiger partial charge in [0.1, 0.15) is 6.61 Å². The highest BCUT2D eigenvalue weighted by atomic mass is 19.4. The van der Waals surface area contributed by atoms with Gasteiger partial charge in [-0.25, -0.2) is 4.68 Å². The summed E-state index contributed by atoms with van der Waals surface area (Å²) in [4.78, 5) is 27.8. The molecule has 0 saturated carbocycles. The summed E-state index contributed by atoms with van der Waals surface area (Å²) in [6, 6.07) is 11.1. The lowest BCUT2D eigenvalue weighted by atomic mass is 10.1. The van der Waals surface area contributed by atoms with E-state index in [0.717, 1.165) is 12.1 Å². The molecule has 192 valence electrons. The summed E-state index contributed by atoms with van der Waals surface area (Å²) < 4.78 is 55.6. The predicted molar refractivity (Wildman–Crippen MR) is 124 cm³/mol. The topological polar surface area (TPSA) is 105 Å². The Morgan fingerprint density at radius 3 is 2.31 bits per heavy atom. The van der Waals surface area contributed by atoms with Crippen LogP contribution in [0, 0.1) is 0 Å². The highest BCUT2D eigenvalue weighted by Crippen LogP contribution is 2.31. The van der Waals surface area contributed by atoms with Gasteiger partial charge in [-0.3, -0.25) is 9.59 Å². The average Bonchev–Trinajstić information content (AvgIpc) is 3.27. The lowest BCUT2D eigenvalue weighted by Gasteiger charge is -2.10. The summed E-state index contributed by atoms with van der Waals surface area (Å²) in [6.45, 7) is 2.42. The number of methoxy groups -OCH3 is 1. The summed E-state index contributed by atoms with van der Waals surface area (Å²) in [5.41, 5.74) is 0.634. The van der Waals surface area contributed by atoms with Crippen LogP contribution in [0.25, 0.3) is 17.1 Å². The number of alkyl halides is 3. The number of anilines is 1. The largest absolute Gasteiger partial charge is 0.466 e. The molecule has 0 saturated heterocycles. The van der Waals surface area contributed by atoms with Crippen LogP contribution in [0.5, 0.6) is 6.01 Å². The molecular formula is C24H25F3N4O5. The lowest BCUT2D eigenvalue weighted by molar-refractivity contribution is -0.144. The SMILES string of the molecule is CCOC(=O)CCC(=O)Nc1ccc(-n2nc(OCCOC)nc2-c2ccc(C(F)(F)F)cc2)cc1. The van der Waals surface area contributed by atoms with Crippen molar-refractivity contribution >= 4 is 17.6 Å². The number of aromatic nitrogens is 3. The molecular weight excluding hydrogens is 481 g/mol. The Morgan fingerprint density at radius 2 is 1.69 bits per heavy atom. The monoisotopic (exact) mass is 506 g/mol. The smallest absolute Gasteiger partial charge is 0.416 e. The van der Waals surface area contributed by atoms with Gasteiger partial charge in [-0.2, -0.15) is 18.2 Å². The zero-order chi connectivity index (χ0) is 26.1. The minimum atomic E-state index is -4.46. The van der Waals surface area contributed by atoms with E-state index in [-0.39, 0.29) is 43.8 Å². The minimum Gasteiger partial charge on any atom is -0.466 e. The molecule has 0 spiro atoms. The number of rotatable bonds is 11. The van der Waals surface area contributed by atoms with Crippen LogP contribution < -0.4 is 10.1 Å². The highest BCUT2D eigenvalue weighted by Gasteiger charge is 2.30. The zero-order valence-electron chi connectivity index (χ0n) is 19.7. The lowest BCUT2D eigenvalue weighted by Crippen LogP contribution is -2.14. The van der Waals surface area contributed by atoms with Crippen LogP contribution in [-0.4, -0.2) is 53.6 Å². The molecule has 9 nitrogen and oxygen atoms in total. The second kappa shape index (κ2) is 12.2. The quantitative estimate of drug-likeness (QED) is 0.306. The number of esters is 1. The number of hydrogen-bond acceptors (Lipinski definition) is 7. The number of amides is 1. The molecule has 0 aliphatic rings. The summed E-state index contributed by atoms with van der Waals surface area (Å²) in [6.07, 6.45) is -4.51. The summed E-state index contributed by atoms with van der Waals surface area (Å²) >= 11 is 0. The van der Waals surface area contributed by atoms with Crippen LogP contribution in [0.1, 0.15) is 25.3 Å². The van der Waals surface area contributed by atoms with E-state index in [4.69, 9.17) is 14.2 Å². The molecule has 0 radical (unpaired) electrons. The maximum absolute atomic E-state index is 13.0. The molecule has 0 unspecified atom stereocenters. The summed E-state index contributed by atoms with van der Waals surface area (Å²) in [5.74, 6) is -0.535. The maximum atomic E-state index is 13.0. The van der Waals surface area contributed by atoms with Gasteiger partial charge in [0.05, 0.1) is 30.9 Å². The fourth-order valence-corrected chi connectivity index (χ4v) is 3.10. The minimum absolute atomic E-state index is 0.0239. The van der Waals surface area contributed by atoms with Crippen molar-refractivity contribution in [2.45, 2.75) is 25.9 Å². The van der Waals surface area contributed by atoms with E-state index in [0.29, 0.717) is 23.5 Å². The van der Waals surface area contributed by atoms with Crippen molar-refractivity contribution in [2.24, 2.45) is 0 Å². The van der Waals surface area contributed by atoms with Crippen molar-refractivity contribution in [3.8, 4) is 23.1 Å². The van der Waals surface area contributed by atoms with Gasteiger partial charge in [-0.1, -0.05) is 12.1 Å². The van der Waals surface area contributed by atoms with Crippen LogP contribution in [0.4, 0.5) is 18.9 Å². The average molecular weight is 506 g/mol. The highest BCUT2D eigenvalue weighted by molar-refractivity contribution is 5.92. The molecule has 2 aromatic carbocycles.